The molecule has 0 bridgehead atoms. The maximum absolute atomic E-state index is 12.6. The summed E-state index contributed by atoms with van der Waals surface area (Å²) in [4.78, 5) is 12.6. The summed E-state index contributed by atoms with van der Waals surface area (Å²) < 4.78 is 42.5. The van der Waals surface area contributed by atoms with E-state index >= 15 is 0 Å². The molecule has 164 valence electrons. The van der Waals surface area contributed by atoms with E-state index in [1.165, 1.54) is 21.3 Å². The lowest BCUT2D eigenvalue weighted by atomic mass is 10.1. The molecular weight excluding hydrogens is 476 g/mol. The van der Waals surface area contributed by atoms with Gasteiger partial charge in [0.15, 0.2) is 11.5 Å². The van der Waals surface area contributed by atoms with Crippen molar-refractivity contribution in [1.82, 2.24) is 5.32 Å². The number of halogens is 1. The Morgan fingerprint density at radius 1 is 1.07 bits per heavy atom. The first-order chi connectivity index (χ1) is 14.1. The molecule has 1 N–H and O–H groups in total. The van der Waals surface area contributed by atoms with Crippen LogP contribution < -0.4 is 23.8 Å². The number of hydrogen-bond acceptors (Lipinski definition) is 6. The molecule has 0 aromatic heterocycles. The predicted octanol–water partition coefficient (Wildman–Crippen LogP) is 2.87. The Morgan fingerprint density at radius 3 is 2.27 bits per heavy atom. The average Bonchev–Trinajstić information content (AvgIpc) is 2.70. The van der Waals surface area contributed by atoms with Crippen molar-refractivity contribution in [3.63, 3.8) is 0 Å². The van der Waals surface area contributed by atoms with Crippen molar-refractivity contribution in [2.75, 3.05) is 38.4 Å². The van der Waals surface area contributed by atoms with Crippen LogP contribution in [0.25, 0.3) is 0 Å². The summed E-state index contributed by atoms with van der Waals surface area (Å²) in [5.41, 5.74) is 1.93. The van der Waals surface area contributed by atoms with E-state index in [0.717, 1.165) is 20.6 Å². The second kappa shape index (κ2) is 10.0. The quantitative estimate of drug-likeness (QED) is 0.568. The normalized spacial score (nSPS) is 11.0. The van der Waals surface area contributed by atoms with Gasteiger partial charge in [-0.05, 0) is 42.8 Å². The van der Waals surface area contributed by atoms with E-state index in [1.54, 1.807) is 30.3 Å². The zero-order valence-electron chi connectivity index (χ0n) is 17.5. The van der Waals surface area contributed by atoms with Gasteiger partial charge < -0.3 is 19.5 Å². The van der Waals surface area contributed by atoms with E-state index in [4.69, 9.17) is 14.2 Å². The molecule has 1 amide bonds. The summed E-state index contributed by atoms with van der Waals surface area (Å²) in [5.74, 6) is 0.881. The molecule has 8 nitrogen and oxygen atoms in total. The number of carbonyl (C=O) groups is 1. The van der Waals surface area contributed by atoms with Crippen molar-refractivity contribution in [3.05, 3.63) is 45.9 Å². The zero-order chi connectivity index (χ0) is 22.5. The fourth-order valence-electron chi connectivity index (χ4n) is 2.87. The predicted molar refractivity (Wildman–Crippen MR) is 119 cm³/mol. The van der Waals surface area contributed by atoms with Gasteiger partial charge in [-0.1, -0.05) is 15.9 Å². The van der Waals surface area contributed by atoms with Crippen LogP contribution in [-0.2, 0) is 21.4 Å². The standard InChI is InChI=1S/C20H25BrN2O6S/c1-13-10-15(7-8-16(13)21)23(30(5,25)26)12-18(24)22-11-14-6-9-17(27-2)20(29-4)19(14)28-3/h6-10H,11-12H2,1-5H3,(H,22,24). The third-order valence-corrected chi connectivity index (χ3v) is 6.41. The van der Waals surface area contributed by atoms with Gasteiger partial charge in [-0.2, -0.15) is 0 Å². The van der Waals surface area contributed by atoms with Crippen LogP contribution in [0.5, 0.6) is 17.2 Å². The third kappa shape index (κ3) is 5.57. The SMILES string of the molecule is COc1ccc(CNC(=O)CN(c2ccc(Br)c(C)c2)S(C)(=O)=O)c(OC)c1OC. The summed E-state index contributed by atoms with van der Waals surface area (Å²) >= 11 is 3.39. The highest BCUT2D eigenvalue weighted by molar-refractivity contribution is 9.10. The number of rotatable bonds is 9. The van der Waals surface area contributed by atoms with E-state index < -0.39 is 15.9 Å². The van der Waals surface area contributed by atoms with Gasteiger partial charge in [0.25, 0.3) is 0 Å². The van der Waals surface area contributed by atoms with E-state index in [0.29, 0.717) is 28.5 Å². The summed E-state index contributed by atoms with van der Waals surface area (Å²) in [6.45, 7) is 1.62. The minimum atomic E-state index is -3.66. The number of carbonyl (C=O) groups excluding carboxylic acids is 1. The Labute approximate surface area is 185 Å². The third-order valence-electron chi connectivity index (χ3n) is 4.38. The largest absolute Gasteiger partial charge is 0.493 e. The van der Waals surface area contributed by atoms with E-state index in [1.807, 2.05) is 6.92 Å². The summed E-state index contributed by atoms with van der Waals surface area (Å²) in [6, 6.07) is 8.54. The molecule has 0 saturated heterocycles. The van der Waals surface area contributed by atoms with Crippen molar-refractivity contribution in [3.8, 4) is 17.2 Å². The Balaban J connectivity index is 2.20. The molecule has 2 aromatic carbocycles. The number of nitrogens with zero attached hydrogens (tertiary/aromatic N) is 1. The minimum absolute atomic E-state index is 0.124. The molecule has 0 aliphatic rings. The molecule has 30 heavy (non-hydrogen) atoms. The number of aryl methyl sites for hydroxylation is 1. The number of ether oxygens (including phenoxy) is 3. The van der Waals surface area contributed by atoms with Gasteiger partial charge in [-0.25, -0.2) is 8.42 Å². The van der Waals surface area contributed by atoms with Crippen LogP contribution >= 0.6 is 15.9 Å². The van der Waals surface area contributed by atoms with Gasteiger partial charge in [0.1, 0.15) is 6.54 Å². The molecule has 0 heterocycles. The number of nitrogens with one attached hydrogen (secondary N) is 1. The highest BCUT2D eigenvalue weighted by Gasteiger charge is 2.22. The first-order valence-corrected chi connectivity index (χ1v) is 11.5. The topological polar surface area (TPSA) is 94.2 Å². The minimum Gasteiger partial charge on any atom is -0.493 e. The molecule has 10 heteroatoms. The van der Waals surface area contributed by atoms with Gasteiger partial charge in [0, 0.05) is 16.6 Å². The zero-order valence-corrected chi connectivity index (χ0v) is 19.9. The fraction of sp³-hybridized carbons (Fsp3) is 0.350. The average molecular weight is 501 g/mol. The Bertz CT molecular complexity index is 1030. The van der Waals surface area contributed by atoms with Crippen LogP contribution in [-0.4, -0.2) is 48.5 Å². The van der Waals surface area contributed by atoms with Gasteiger partial charge in [0.2, 0.25) is 21.7 Å². The lowest BCUT2D eigenvalue weighted by molar-refractivity contribution is -0.119. The molecular formula is C20H25BrN2O6S. The molecule has 0 fully saturated rings. The van der Waals surface area contributed by atoms with Crippen molar-refractivity contribution in [2.45, 2.75) is 13.5 Å². The van der Waals surface area contributed by atoms with E-state index in [-0.39, 0.29) is 13.1 Å². The number of sulfonamides is 1. The van der Waals surface area contributed by atoms with Gasteiger partial charge in [0.05, 0.1) is 33.3 Å². The van der Waals surface area contributed by atoms with Crippen molar-refractivity contribution >= 4 is 37.5 Å². The second-order valence-corrected chi connectivity index (χ2v) is 9.23. The van der Waals surface area contributed by atoms with Crippen LogP contribution in [0, 0.1) is 6.92 Å². The Hall–Kier alpha value is -2.46. The summed E-state index contributed by atoms with van der Waals surface area (Å²) in [6.07, 6.45) is 1.06. The molecule has 0 saturated carbocycles. The first-order valence-electron chi connectivity index (χ1n) is 8.90. The Morgan fingerprint density at radius 2 is 1.73 bits per heavy atom. The van der Waals surface area contributed by atoms with E-state index in [9.17, 15) is 13.2 Å². The van der Waals surface area contributed by atoms with E-state index in [2.05, 4.69) is 21.2 Å². The molecule has 2 rings (SSSR count). The monoisotopic (exact) mass is 500 g/mol. The highest BCUT2D eigenvalue weighted by atomic mass is 79.9. The number of anilines is 1. The summed E-state index contributed by atoms with van der Waals surface area (Å²) in [5, 5.41) is 2.73. The Kier molecular flexibility index (Phi) is 7.96. The molecule has 0 spiro atoms. The van der Waals surface area contributed by atoms with Crippen LogP contribution in [0.2, 0.25) is 0 Å². The maximum atomic E-state index is 12.6. The van der Waals surface area contributed by atoms with Gasteiger partial charge in [-0.3, -0.25) is 9.10 Å². The molecule has 2 aromatic rings. The lowest BCUT2D eigenvalue weighted by Gasteiger charge is -2.23. The highest BCUT2D eigenvalue weighted by Crippen LogP contribution is 2.39. The first kappa shape index (κ1) is 23.8. The van der Waals surface area contributed by atoms with Crippen LogP contribution in [0.3, 0.4) is 0 Å². The van der Waals surface area contributed by atoms with Crippen molar-refractivity contribution in [1.29, 1.82) is 0 Å². The number of methoxy groups -OCH3 is 3. The molecule has 0 unspecified atom stereocenters. The number of hydrogen-bond donors (Lipinski definition) is 1. The maximum Gasteiger partial charge on any atom is 0.241 e. The van der Waals surface area contributed by atoms with Crippen LogP contribution in [0.1, 0.15) is 11.1 Å². The lowest BCUT2D eigenvalue weighted by Crippen LogP contribution is -2.40. The van der Waals surface area contributed by atoms with Crippen molar-refractivity contribution in [2.24, 2.45) is 0 Å². The molecule has 0 radical (unpaired) electrons. The second-order valence-electron chi connectivity index (χ2n) is 6.47. The summed E-state index contributed by atoms with van der Waals surface area (Å²) in [7, 11) is 0.837. The van der Waals surface area contributed by atoms with Crippen LogP contribution in [0.15, 0.2) is 34.8 Å². The number of amides is 1. The van der Waals surface area contributed by atoms with Crippen molar-refractivity contribution < 1.29 is 27.4 Å². The molecule has 0 atom stereocenters. The fourth-order valence-corrected chi connectivity index (χ4v) is 3.96. The van der Waals surface area contributed by atoms with Gasteiger partial charge in [-0.15, -0.1) is 0 Å². The van der Waals surface area contributed by atoms with Crippen LogP contribution in [0.4, 0.5) is 5.69 Å². The molecule has 0 aliphatic carbocycles. The number of benzene rings is 2. The van der Waals surface area contributed by atoms with Gasteiger partial charge >= 0.3 is 0 Å². The molecule has 0 aliphatic heterocycles. The smallest absolute Gasteiger partial charge is 0.241 e.